The van der Waals surface area contributed by atoms with Gasteiger partial charge in [-0.2, -0.15) is 0 Å². The van der Waals surface area contributed by atoms with Crippen molar-refractivity contribution in [2.24, 2.45) is 0 Å². The Kier molecular flexibility index (Phi) is 6.26. The van der Waals surface area contributed by atoms with Crippen LogP contribution in [-0.4, -0.2) is 53.2 Å². The summed E-state index contributed by atoms with van der Waals surface area (Å²) in [6.07, 6.45) is 2.60. The van der Waals surface area contributed by atoms with Gasteiger partial charge in [0.25, 0.3) is 0 Å². The number of carboxylic acid groups (broad SMARTS) is 1. The highest BCUT2D eigenvalue weighted by molar-refractivity contribution is 5.86. The zero-order valence-corrected chi connectivity index (χ0v) is 12.7. The summed E-state index contributed by atoms with van der Waals surface area (Å²) < 4.78 is 0. The van der Waals surface area contributed by atoms with Gasteiger partial charge < -0.3 is 20.6 Å². The predicted molar refractivity (Wildman–Crippen MR) is 77.8 cm³/mol. The average molecular weight is 285 g/mol. The lowest BCUT2D eigenvalue weighted by atomic mass is 9.93. The highest BCUT2D eigenvalue weighted by Crippen LogP contribution is 2.18. The Morgan fingerprint density at radius 2 is 1.80 bits per heavy atom. The standard InChI is InChI=1S/C14H27N3O3/c1-4-14(5-2,12(18)19)16-13(20)17(6-3)11-7-9-15-10-8-11/h11,15H,4-10H2,1-3H3,(H,16,20)(H,18,19). The largest absolute Gasteiger partial charge is 0.480 e. The smallest absolute Gasteiger partial charge is 0.329 e. The summed E-state index contributed by atoms with van der Waals surface area (Å²) in [7, 11) is 0. The van der Waals surface area contributed by atoms with E-state index in [1.807, 2.05) is 6.92 Å². The molecule has 116 valence electrons. The molecular weight excluding hydrogens is 258 g/mol. The van der Waals surface area contributed by atoms with Crippen LogP contribution >= 0.6 is 0 Å². The summed E-state index contributed by atoms with van der Waals surface area (Å²) in [6.45, 7) is 7.92. The van der Waals surface area contributed by atoms with E-state index in [4.69, 9.17) is 0 Å². The minimum absolute atomic E-state index is 0.196. The van der Waals surface area contributed by atoms with Gasteiger partial charge in [-0.3, -0.25) is 0 Å². The lowest BCUT2D eigenvalue weighted by Crippen LogP contribution is -2.59. The molecule has 0 spiro atoms. The molecule has 0 aliphatic carbocycles. The van der Waals surface area contributed by atoms with E-state index >= 15 is 0 Å². The van der Waals surface area contributed by atoms with Crippen LogP contribution in [0.1, 0.15) is 46.5 Å². The number of nitrogens with zero attached hydrogens (tertiary/aromatic N) is 1. The molecule has 6 nitrogen and oxygen atoms in total. The average Bonchev–Trinajstić information content (AvgIpc) is 2.46. The first-order valence-electron chi connectivity index (χ1n) is 7.53. The third-order valence-corrected chi connectivity index (χ3v) is 4.31. The Hall–Kier alpha value is -1.30. The third kappa shape index (κ3) is 3.62. The van der Waals surface area contributed by atoms with Crippen LogP contribution in [0, 0.1) is 0 Å². The van der Waals surface area contributed by atoms with E-state index in [0.717, 1.165) is 25.9 Å². The predicted octanol–water partition coefficient (Wildman–Crippen LogP) is 1.41. The Labute approximate surface area is 120 Å². The molecule has 0 aromatic heterocycles. The summed E-state index contributed by atoms with van der Waals surface area (Å²) in [4.78, 5) is 25.7. The van der Waals surface area contributed by atoms with Crippen molar-refractivity contribution < 1.29 is 14.7 Å². The summed E-state index contributed by atoms with van der Waals surface area (Å²) in [6, 6.07) is -0.0630. The molecule has 20 heavy (non-hydrogen) atoms. The molecule has 1 rings (SSSR count). The lowest BCUT2D eigenvalue weighted by molar-refractivity contribution is -0.144. The van der Waals surface area contributed by atoms with Crippen molar-refractivity contribution in [3.05, 3.63) is 0 Å². The molecule has 1 heterocycles. The zero-order valence-electron chi connectivity index (χ0n) is 12.7. The fraction of sp³-hybridized carbons (Fsp3) is 0.857. The molecule has 0 saturated carbocycles. The van der Waals surface area contributed by atoms with Gasteiger partial charge in [0, 0.05) is 12.6 Å². The van der Waals surface area contributed by atoms with Crippen molar-refractivity contribution in [2.75, 3.05) is 19.6 Å². The maximum absolute atomic E-state index is 12.4. The number of piperidine rings is 1. The van der Waals surface area contributed by atoms with Gasteiger partial charge in [0.15, 0.2) is 0 Å². The molecule has 0 unspecified atom stereocenters. The third-order valence-electron chi connectivity index (χ3n) is 4.31. The second kappa shape index (κ2) is 7.47. The number of carboxylic acids is 1. The number of rotatable bonds is 6. The second-order valence-corrected chi connectivity index (χ2v) is 5.29. The maximum atomic E-state index is 12.4. The number of carbonyl (C=O) groups is 2. The number of urea groups is 1. The molecular formula is C14H27N3O3. The molecule has 0 aromatic carbocycles. The Morgan fingerprint density at radius 1 is 1.25 bits per heavy atom. The molecule has 0 radical (unpaired) electrons. The van der Waals surface area contributed by atoms with Crippen LogP contribution < -0.4 is 10.6 Å². The fourth-order valence-electron chi connectivity index (χ4n) is 2.75. The Balaban J connectivity index is 2.77. The number of nitrogens with one attached hydrogen (secondary N) is 2. The number of aliphatic carboxylic acids is 1. The minimum Gasteiger partial charge on any atom is -0.480 e. The summed E-state index contributed by atoms with van der Waals surface area (Å²) >= 11 is 0. The van der Waals surface area contributed by atoms with E-state index in [1.54, 1.807) is 18.7 Å². The quantitative estimate of drug-likeness (QED) is 0.689. The molecule has 2 amide bonds. The molecule has 3 N–H and O–H groups in total. The number of hydrogen-bond acceptors (Lipinski definition) is 3. The Bertz CT molecular complexity index is 337. The van der Waals surface area contributed by atoms with Crippen molar-refractivity contribution >= 4 is 12.0 Å². The first kappa shape index (κ1) is 16.8. The summed E-state index contributed by atoms with van der Waals surface area (Å²) in [5, 5.41) is 15.4. The van der Waals surface area contributed by atoms with Crippen LogP contribution in [0.15, 0.2) is 0 Å². The van der Waals surface area contributed by atoms with E-state index in [0.29, 0.717) is 19.4 Å². The van der Waals surface area contributed by atoms with Crippen LogP contribution in [0.4, 0.5) is 4.79 Å². The van der Waals surface area contributed by atoms with E-state index in [9.17, 15) is 14.7 Å². The van der Waals surface area contributed by atoms with Gasteiger partial charge in [-0.1, -0.05) is 13.8 Å². The van der Waals surface area contributed by atoms with Crippen molar-refractivity contribution in [3.63, 3.8) is 0 Å². The monoisotopic (exact) mass is 285 g/mol. The molecule has 0 bridgehead atoms. The van der Waals surface area contributed by atoms with Crippen LogP contribution in [0.3, 0.4) is 0 Å². The Morgan fingerprint density at radius 3 is 2.20 bits per heavy atom. The normalized spacial score (nSPS) is 16.8. The van der Waals surface area contributed by atoms with Crippen molar-refractivity contribution in [3.8, 4) is 0 Å². The van der Waals surface area contributed by atoms with Crippen LogP contribution in [0.5, 0.6) is 0 Å². The van der Waals surface area contributed by atoms with Crippen LogP contribution in [-0.2, 0) is 4.79 Å². The van der Waals surface area contributed by atoms with Crippen molar-refractivity contribution in [1.82, 2.24) is 15.5 Å². The molecule has 6 heteroatoms. The zero-order chi connectivity index (χ0) is 15.2. The van der Waals surface area contributed by atoms with Gasteiger partial charge in [0.2, 0.25) is 0 Å². The second-order valence-electron chi connectivity index (χ2n) is 5.29. The first-order valence-corrected chi connectivity index (χ1v) is 7.53. The van der Waals surface area contributed by atoms with E-state index in [-0.39, 0.29) is 12.1 Å². The van der Waals surface area contributed by atoms with Crippen molar-refractivity contribution in [2.45, 2.75) is 58.0 Å². The van der Waals surface area contributed by atoms with Gasteiger partial charge in [-0.15, -0.1) is 0 Å². The molecule has 1 aliphatic heterocycles. The van der Waals surface area contributed by atoms with Crippen LogP contribution in [0.25, 0.3) is 0 Å². The van der Waals surface area contributed by atoms with E-state index in [2.05, 4.69) is 10.6 Å². The first-order chi connectivity index (χ1) is 9.50. The van der Waals surface area contributed by atoms with Gasteiger partial charge in [-0.05, 0) is 45.7 Å². The van der Waals surface area contributed by atoms with Crippen LogP contribution in [0.2, 0.25) is 0 Å². The molecule has 1 saturated heterocycles. The topological polar surface area (TPSA) is 81.7 Å². The molecule has 1 fully saturated rings. The molecule has 0 atom stereocenters. The van der Waals surface area contributed by atoms with E-state index < -0.39 is 11.5 Å². The fourth-order valence-corrected chi connectivity index (χ4v) is 2.75. The maximum Gasteiger partial charge on any atom is 0.329 e. The van der Waals surface area contributed by atoms with Gasteiger partial charge in [0.05, 0.1) is 0 Å². The summed E-state index contributed by atoms with van der Waals surface area (Å²) in [5.41, 5.74) is -1.16. The molecule has 1 aliphatic rings. The number of carbonyl (C=O) groups excluding carboxylic acids is 1. The van der Waals surface area contributed by atoms with Crippen molar-refractivity contribution in [1.29, 1.82) is 0 Å². The van der Waals surface area contributed by atoms with Gasteiger partial charge in [0.1, 0.15) is 5.54 Å². The summed E-state index contributed by atoms with van der Waals surface area (Å²) in [5.74, 6) is -0.961. The number of hydrogen-bond donors (Lipinski definition) is 3. The SMILES string of the molecule is CCN(C(=O)NC(CC)(CC)C(=O)O)C1CCNCC1. The number of amides is 2. The van der Waals surface area contributed by atoms with Gasteiger partial charge in [-0.25, -0.2) is 9.59 Å². The minimum atomic E-state index is -1.16. The highest BCUT2D eigenvalue weighted by atomic mass is 16.4. The lowest BCUT2D eigenvalue weighted by Gasteiger charge is -2.37. The van der Waals surface area contributed by atoms with E-state index in [1.165, 1.54) is 0 Å². The molecule has 0 aromatic rings. The highest BCUT2D eigenvalue weighted by Gasteiger charge is 2.38. The van der Waals surface area contributed by atoms with Gasteiger partial charge >= 0.3 is 12.0 Å².